The standard InChI is InChI=1S/C13H19N3O2/c1-15-7-11(13(17)18)14-12(15)8-5-9-3-4-10(6-8)16(9)2/h7-10H,3-6H2,1-2H3,(H,17,18)/t9-,10-/m0/s1. The van der Waals surface area contributed by atoms with Gasteiger partial charge in [0.15, 0.2) is 5.69 Å². The third kappa shape index (κ3) is 1.73. The van der Waals surface area contributed by atoms with E-state index >= 15 is 0 Å². The van der Waals surface area contributed by atoms with Crippen LogP contribution in [0.3, 0.4) is 0 Å². The number of carboxylic acid groups (broad SMARTS) is 1. The molecule has 0 amide bonds. The van der Waals surface area contributed by atoms with Crippen molar-refractivity contribution in [1.29, 1.82) is 0 Å². The van der Waals surface area contributed by atoms with Crippen molar-refractivity contribution < 1.29 is 9.90 Å². The first-order chi connectivity index (χ1) is 8.56. The van der Waals surface area contributed by atoms with E-state index in [1.54, 1.807) is 6.20 Å². The highest BCUT2D eigenvalue weighted by Gasteiger charge is 2.40. The Morgan fingerprint density at radius 1 is 1.33 bits per heavy atom. The van der Waals surface area contributed by atoms with Crippen molar-refractivity contribution >= 4 is 5.97 Å². The largest absolute Gasteiger partial charge is 0.476 e. The highest BCUT2D eigenvalue weighted by molar-refractivity contribution is 5.85. The Labute approximate surface area is 106 Å². The number of rotatable bonds is 2. The fraction of sp³-hybridized carbons (Fsp3) is 0.692. The zero-order valence-corrected chi connectivity index (χ0v) is 10.8. The van der Waals surface area contributed by atoms with Gasteiger partial charge in [0, 0.05) is 31.2 Å². The second kappa shape index (κ2) is 4.09. The van der Waals surface area contributed by atoms with Gasteiger partial charge >= 0.3 is 5.97 Å². The molecule has 2 aliphatic heterocycles. The Bertz CT molecular complexity index is 469. The zero-order valence-electron chi connectivity index (χ0n) is 10.8. The molecule has 1 aromatic heterocycles. The summed E-state index contributed by atoms with van der Waals surface area (Å²) in [6, 6.07) is 1.30. The Morgan fingerprint density at radius 3 is 2.44 bits per heavy atom. The van der Waals surface area contributed by atoms with Crippen LogP contribution in [0, 0.1) is 0 Å². The number of fused-ring (bicyclic) bond motifs is 2. The summed E-state index contributed by atoms with van der Waals surface area (Å²) in [4.78, 5) is 17.7. The number of carboxylic acids is 1. The number of hydrogen-bond acceptors (Lipinski definition) is 3. The number of aromatic carboxylic acids is 1. The molecule has 2 atom stereocenters. The van der Waals surface area contributed by atoms with Crippen molar-refractivity contribution in [2.75, 3.05) is 7.05 Å². The van der Waals surface area contributed by atoms with Gasteiger partial charge in [0.25, 0.3) is 0 Å². The summed E-state index contributed by atoms with van der Waals surface area (Å²) in [5, 5.41) is 9.00. The second-order valence-electron chi connectivity index (χ2n) is 5.62. The zero-order chi connectivity index (χ0) is 12.9. The van der Waals surface area contributed by atoms with Crippen molar-refractivity contribution in [2.45, 2.75) is 43.7 Å². The monoisotopic (exact) mass is 249 g/mol. The van der Waals surface area contributed by atoms with Gasteiger partial charge in [-0.3, -0.25) is 0 Å². The molecule has 0 aromatic carbocycles. The molecule has 0 saturated carbocycles. The molecule has 0 aliphatic carbocycles. The van der Waals surface area contributed by atoms with Gasteiger partial charge in [0.2, 0.25) is 0 Å². The number of aryl methyl sites for hydroxylation is 1. The molecule has 0 unspecified atom stereocenters. The molecule has 1 aromatic rings. The number of hydrogen-bond donors (Lipinski definition) is 1. The van der Waals surface area contributed by atoms with E-state index in [2.05, 4.69) is 16.9 Å². The van der Waals surface area contributed by atoms with Crippen molar-refractivity contribution in [3.63, 3.8) is 0 Å². The van der Waals surface area contributed by atoms with Gasteiger partial charge in [-0.25, -0.2) is 9.78 Å². The third-order valence-corrected chi connectivity index (χ3v) is 4.59. The van der Waals surface area contributed by atoms with Crippen molar-refractivity contribution in [1.82, 2.24) is 14.5 Å². The normalized spacial score (nSPS) is 31.8. The van der Waals surface area contributed by atoms with Gasteiger partial charge in [-0.1, -0.05) is 0 Å². The number of carbonyl (C=O) groups is 1. The van der Waals surface area contributed by atoms with Gasteiger partial charge in [-0.2, -0.15) is 0 Å². The molecule has 2 aliphatic rings. The predicted molar refractivity (Wildman–Crippen MR) is 66.7 cm³/mol. The summed E-state index contributed by atoms with van der Waals surface area (Å²) in [7, 11) is 4.11. The average Bonchev–Trinajstić information content (AvgIpc) is 2.77. The summed E-state index contributed by atoms with van der Waals surface area (Å²) >= 11 is 0. The molecule has 2 saturated heterocycles. The second-order valence-corrected chi connectivity index (χ2v) is 5.62. The molecule has 18 heavy (non-hydrogen) atoms. The molecule has 1 N–H and O–H groups in total. The number of nitrogens with zero attached hydrogens (tertiary/aromatic N) is 3. The van der Waals surface area contributed by atoms with Gasteiger partial charge in [-0.05, 0) is 32.7 Å². The summed E-state index contributed by atoms with van der Waals surface area (Å²) < 4.78 is 1.89. The smallest absolute Gasteiger partial charge is 0.356 e. The van der Waals surface area contributed by atoms with Gasteiger partial charge in [0.05, 0.1) is 0 Å². The van der Waals surface area contributed by atoms with Crippen molar-refractivity contribution in [3.8, 4) is 0 Å². The van der Waals surface area contributed by atoms with Crippen LogP contribution in [0.15, 0.2) is 6.20 Å². The minimum absolute atomic E-state index is 0.166. The van der Waals surface area contributed by atoms with Crippen LogP contribution in [0.4, 0.5) is 0 Å². The maximum atomic E-state index is 11.0. The maximum Gasteiger partial charge on any atom is 0.356 e. The van der Waals surface area contributed by atoms with Crippen LogP contribution in [-0.4, -0.2) is 44.7 Å². The number of imidazole rings is 1. The first kappa shape index (κ1) is 11.7. The molecule has 2 bridgehead atoms. The first-order valence-electron chi connectivity index (χ1n) is 6.54. The SMILES string of the molecule is CN1[C@H]2CC[C@H]1CC(c1nc(C(=O)O)cn1C)C2. The third-order valence-electron chi connectivity index (χ3n) is 4.59. The molecule has 0 spiro atoms. The van der Waals surface area contributed by atoms with Crippen molar-refractivity contribution in [3.05, 3.63) is 17.7 Å². The highest BCUT2D eigenvalue weighted by atomic mass is 16.4. The molecule has 98 valence electrons. The quantitative estimate of drug-likeness (QED) is 0.862. The van der Waals surface area contributed by atoms with Gasteiger partial charge < -0.3 is 14.6 Å². The predicted octanol–water partition coefficient (Wildman–Crippen LogP) is 1.46. The Balaban J connectivity index is 1.86. The van der Waals surface area contributed by atoms with Gasteiger partial charge in [0.1, 0.15) is 5.82 Å². The Hall–Kier alpha value is -1.36. The Morgan fingerprint density at radius 2 is 1.94 bits per heavy atom. The minimum atomic E-state index is -0.937. The van der Waals surface area contributed by atoms with Crippen LogP contribution >= 0.6 is 0 Å². The number of piperidine rings is 1. The fourth-order valence-corrected chi connectivity index (χ4v) is 3.59. The first-order valence-corrected chi connectivity index (χ1v) is 6.54. The summed E-state index contributed by atoms with van der Waals surface area (Å²) in [6.45, 7) is 0. The van der Waals surface area contributed by atoms with Crippen LogP contribution in [0.25, 0.3) is 0 Å². The van der Waals surface area contributed by atoms with Crippen molar-refractivity contribution in [2.24, 2.45) is 7.05 Å². The Kier molecular flexibility index (Phi) is 2.66. The highest BCUT2D eigenvalue weighted by Crippen LogP contribution is 2.41. The molecule has 2 fully saturated rings. The van der Waals surface area contributed by atoms with E-state index in [-0.39, 0.29) is 5.69 Å². The molecule has 5 nitrogen and oxygen atoms in total. The molecule has 5 heteroatoms. The van der Waals surface area contributed by atoms with Crippen LogP contribution < -0.4 is 0 Å². The van der Waals surface area contributed by atoms with E-state index in [0.29, 0.717) is 18.0 Å². The summed E-state index contributed by atoms with van der Waals surface area (Å²) in [5.74, 6) is 0.418. The summed E-state index contributed by atoms with van der Waals surface area (Å²) in [5.41, 5.74) is 0.166. The van der Waals surface area contributed by atoms with E-state index in [1.165, 1.54) is 12.8 Å². The average molecular weight is 249 g/mol. The van der Waals surface area contributed by atoms with Crippen LogP contribution in [-0.2, 0) is 7.05 Å². The number of aromatic nitrogens is 2. The fourth-order valence-electron chi connectivity index (χ4n) is 3.59. The molecule has 3 rings (SSSR count). The van der Waals surface area contributed by atoms with Crippen LogP contribution in [0.1, 0.15) is 47.9 Å². The lowest BCUT2D eigenvalue weighted by molar-refractivity contribution is 0.0690. The van der Waals surface area contributed by atoms with Crippen LogP contribution in [0.5, 0.6) is 0 Å². The minimum Gasteiger partial charge on any atom is -0.476 e. The molecular weight excluding hydrogens is 230 g/mol. The van der Waals surface area contributed by atoms with E-state index in [9.17, 15) is 4.79 Å². The maximum absolute atomic E-state index is 11.0. The molecular formula is C13H19N3O2. The van der Waals surface area contributed by atoms with Gasteiger partial charge in [-0.15, -0.1) is 0 Å². The van der Waals surface area contributed by atoms with E-state index in [4.69, 9.17) is 5.11 Å². The molecule has 3 heterocycles. The van der Waals surface area contributed by atoms with E-state index < -0.39 is 5.97 Å². The van der Waals surface area contributed by atoms with E-state index in [0.717, 1.165) is 18.7 Å². The van der Waals surface area contributed by atoms with Crippen LogP contribution in [0.2, 0.25) is 0 Å². The van der Waals surface area contributed by atoms with E-state index in [1.807, 2.05) is 11.6 Å². The summed E-state index contributed by atoms with van der Waals surface area (Å²) in [6.07, 6.45) is 6.38. The lowest BCUT2D eigenvalue weighted by Crippen LogP contribution is -2.39. The lowest BCUT2D eigenvalue weighted by atomic mass is 9.90. The molecule has 0 radical (unpaired) electrons. The topological polar surface area (TPSA) is 58.4 Å². The lowest BCUT2D eigenvalue weighted by Gasteiger charge is -2.35.